The first-order valence-electron chi connectivity index (χ1n) is 7.11. The van der Waals surface area contributed by atoms with E-state index in [2.05, 4.69) is 60.4 Å². The fourth-order valence-electron chi connectivity index (χ4n) is 2.38. The molecular weight excluding hydrogens is 246 g/mol. The van der Waals surface area contributed by atoms with E-state index in [1.807, 2.05) is 18.5 Å². The van der Waals surface area contributed by atoms with Crippen molar-refractivity contribution >= 4 is 5.69 Å². The highest BCUT2D eigenvalue weighted by molar-refractivity contribution is 5.54. The number of hydrogen-bond donors (Lipinski definition) is 1. The Balaban J connectivity index is 2.08. The first-order valence-corrected chi connectivity index (χ1v) is 7.11. The van der Waals surface area contributed by atoms with Crippen LogP contribution >= 0.6 is 0 Å². The molecule has 0 aliphatic carbocycles. The number of rotatable bonds is 6. The Morgan fingerprint density at radius 1 is 1.20 bits per heavy atom. The summed E-state index contributed by atoms with van der Waals surface area (Å²) in [5.74, 6) is 0. The van der Waals surface area contributed by atoms with Gasteiger partial charge in [-0.1, -0.05) is 25.1 Å². The summed E-state index contributed by atoms with van der Waals surface area (Å²) >= 11 is 0. The molecule has 0 saturated heterocycles. The summed E-state index contributed by atoms with van der Waals surface area (Å²) < 4.78 is 0. The minimum atomic E-state index is 0.876. The molecular formula is C17H23N3. The molecule has 1 heterocycles. The molecule has 0 atom stereocenters. The molecule has 106 valence electrons. The SMILES string of the molecule is CCNCc1ccc(N(C)Cc2cccnc2)c(C)c1. The van der Waals surface area contributed by atoms with Crippen LogP contribution in [0.3, 0.4) is 0 Å². The van der Waals surface area contributed by atoms with Crippen molar-refractivity contribution in [1.29, 1.82) is 0 Å². The number of hydrogen-bond acceptors (Lipinski definition) is 3. The molecule has 2 aromatic rings. The minimum absolute atomic E-state index is 0.876. The lowest BCUT2D eigenvalue weighted by Crippen LogP contribution is -2.18. The van der Waals surface area contributed by atoms with Crippen LogP contribution in [0.1, 0.15) is 23.6 Å². The predicted molar refractivity (Wildman–Crippen MR) is 84.9 cm³/mol. The van der Waals surface area contributed by atoms with Gasteiger partial charge in [0.25, 0.3) is 0 Å². The van der Waals surface area contributed by atoms with E-state index in [0.717, 1.165) is 19.6 Å². The van der Waals surface area contributed by atoms with E-state index in [1.54, 1.807) is 0 Å². The highest BCUT2D eigenvalue weighted by Crippen LogP contribution is 2.21. The zero-order valence-electron chi connectivity index (χ0n) is 12.6. The van der Waals surface area contributed by atoms with E-state index in [9.17, 15) is 0 Å². The van der Waals surface area contributed by atoms with E-state index < -0.39 is 0 Å². The molecule has 0 aliphatic heterocycles. The fourth-order valence-corrected chi connectivity index (χ4v) is 2.38. The van der Waals surface area contributed by atoms with E-state index in [1.165, 1.54) is 22.4 Å². The van der Waals surface area contributed by atoms with Gasteiger partial charge in [0.15, 0.2) is 0 Å². The predicted octanol–water partition coefficient (Wildman–Crippen LogP) is 3.14. The van der Waals surface area contributed by atoms with Gasteiger partial charge in [-0.15, -0.1) is 0 Å². The van der Waals surface area contributed by atoms with Crippen LogP contribution in [0.25, 0.3) is 0 Å². The highest BCUT2D eigenvalue weighted by atomic mass is 15.1. The van der Waals surface area contributed by atoms with Gasteiger partial charge < -0.3 is 10.2 Å². The van der Waals surface area contributed by atoms with Crippen LogP contribution < -0.4 is 10.2 Å². The van der Waals surface area contributed by atoms with Gasteiger partial charge in [0.05, 0.1) is 0 Å². The van der Waals surface area contributed by atoms with Crippen LogP contribution in [-0.2, 0) is 13.1 Å². The van der Waals surface area contributed by atoms with Crippen molar-refractivity contribution in [3.63, 3.8) is 0 Å². The van der Waals surface area contributed by atoms with Crippen LogP contribution in [0.15, 0.2) is 42.7 Å². The highest BCUT2D eigenvalue weighted by Gasteiger charge is 2.06. The quantitative estimate of drug-likeness (QED) is 0.873. The Kier molecular flexibility index (Phi) is 5.13. The van der Waals surface area contributed by atoms with Crippen molar-refractivity contribution in [2.45, 2.75) is 26.9 Å². The molecule has 1 aromatic carbocycles. The van der Waals surface area contributed by atoms with E-state index in [-0.39, 0.29) is 0 Å². The Hall–Kier alpha value is -1.87. The first kappa shape index (κ1) is 14.5. The monoisotopic (exact) mass is 269 g/mol. The molecule has 3 nitrogen and oxygen atoms in total. The van der Waals surface area contributed by atoms with Crippen molar-refractivity contribution in [3.05, 3.63) is 59.4 Å². The van der Waals surface area contributed by atoms with E-state index in [0.29, 0.717) is 0 Å². The Morgan fingerprint density at radius 2 is 2.05 bits per heavy atom. The van der Waals surface area contributed by atoms with Crippen molar-refractivity contribution in [2.75, 3.05) is 18.5 Å². The largest absolute Gasteiger partial charge is 0.370 e. The van der Waals surface area contributed by atoms with E-state index in [4.69, 9.17) is 0 Å². The Morgan fingerprint density at radius 3 is 2.70 bits per heavy atom. The Bertz CT molecular complexity index is 537. The molecule has 2 rings (SSSR count). The number of aryl methyl sites for hydroxylation is 1. The van der Waals surface area contributed by atoms with Gasteiger partial charge >= 0.3 is 0 Å². The molecule has 0 bridgehead atoms. The maximum atomic E-state index is 4.17. The molecule has 20 heavy (non-hydrogen) atoms. The third kappa shape index (κ3) is 3.81. The lowest BCUT2D eigenvalue weighted by molar-refractivity contribution is 0.726. The maximum Gasteiger partial charge on any atom is 0.0441 e. The van der Waals surface area contributed by atoms with Crippen molar-refractivity contribution in [3.8, 4) is 0 Å². The summed E-state index contributed by atoms with van der Waals surface area (Å²) in [6.45, 7) is 7.11. The van der Waals surface area contributed by atoms with Crippen molar-refractivity contribution in [1.82, 2.24) is 10.3 Å². The zero-order valence-corrected chi connectivity index (χ0v) is 12.6. The lowest BCUT2D eigenvalue weighted by atomic mass is 10.1. The third-order valence-electron chi connectivity index (χ3n) is 3.39. The molecule has 1 N–H and O–H groups in total. The van der Waals surface area contributed by atoms with E-state index >= 15 is 0 Å². The summed E-state index contributed by atoms with van der Waals surface area (Å²) in [6.07, 6.45) is 3.73. The average Bonchev–Trinajstić information content (AvgIpc) is 2.46. The number of pyridine rings is 1. The zero-order chi connectivity index (χ0) is 14.4. The number of nitrogens with one attached hydrogen (secondary N) is 1. The number of nitrogens with zero attached hydrogens (tertiary/aromatic N) is 2. The van der Waals surface area contributed by atoms with Gasteiger partial charge in [-0.2, -0.15) is 0 Å². The van der Waals surface area contributed by atoms with Crippen LogP contribution in [0, 0.1) is 6.92 Å². The average molecular weight is 269 g/mol. The molecule has 0 radical (unpaired) electrons. The molecule has 3 heteroatoms. The topological polar surface area (TPSA) is 28.2 Å². The summed E-state index contributed by atoms with van der Waals surface area (Å²) in [5.41, 5.74) is 5.15. The number of benzene rings is 1. The van der Waals surface area contributed by atoms with Crippen LogP contribution in [-0.4, -0.2) is 18.6 Å². The number of anilines is 1. The summed E-state index contributed by atoms with van der Waals surface area (Å²) in [5, 5.41) is 3.36. The Labute approximate surface area is 121 Å². The van der Waals surface area contributed by atoms with Gasteiger partial charge in [-0.3, -0.25) is 4.98 Å². The van der Waals surface area contributed by atoms with Crippen molar-refractivity contribution < 1.29 is 0 Å². The summed E-state index contributed by atoms with van der Waals surface area (Å²) in [7, 11) is 2.12. The second-order valence-corrected chi connectivity index (χ2v) is 5.12. The number of aromatic nitrogens is 1. The van der Waals surface area contributed by atoms with Gasteiger partial charge in [0.2, 0.25) is 0 Å². The van der Waals surface area contributed by atoms with Crippen molar-refractivity contribution in [2.24, 2.45) is 0 Å². The molecule has 1 aromatic heterocycles. The minimum Gasteiger partial charge on any atom is -0.370 e. The third-order valence-corrected chi connectivity index (χ3v) is 3.39. The first-order chi connectivity index (χ1) is 9.70. The van der Waals surface area contributed by atoms with Gasteiger partial charge in [-0.25, -0.2) is 0 Å². The molecule has 0 saturated carbocycles. The second kappa shape index (κ2) is 7.06. The molecule has 0 aliphatic rings. The lowest BCUT2D eigenvalue weighted by Gasteiger charge is -2.22. The summed E-state index contributed by atoms with van der Waals surface area (Å²) in [4.78, 5) is 6.43. The molecule has 0 unspecified atom stereocenters. The summed E-state index contributed by atoms with van der Waals surface area (Å²) in [6, 6.07) is 10.8. The smallest absolute Gasteiger partial charge is 0.0441 e. The molecule has 0 spiro atoms. The fraction of sp³-hybridized carbons (Fsp3) is 0.353. The van der Waals surface area contributed by atoms with Gasteiger partial charge in [-0.05, 0) is 42.3 Å². The maximum absolute atomic E-state index is 4.17. The molecule has 0 fully saturated rings. The van der Waals surface area contributed by atoms with Crippen LogP contribution in [0.5, 0.6) is 0 Å². The van der Waals surface area contributed by atoms with Gasteiger partial charge in [0, 0.05) is 38.2 Å². The second-order valence-electron chi connectivity index (χ2n) is 5.12. The molecule has 0 amide bonds. The van der Waals surface area contributed by atoms with Gasteiger partial charge in [0.1, 0.15) is 0 Å². The van der Waals surface area contributed by atoms with Crippen LogP contribution in [0.2, 0.25) is 0 Å². The standard InChI is InChI=1S/C17H23N3/c1-4-18-11-15-7-8-17(14(2)10-15)20(3)13-16-6-5-9-19-12-16/h5-10,12,18H,4,11,13H2,1-3H3. The van der Waals surface area contributed by atoms with Crippen LogP contribution in [0.4, 0.5) is 5.69 Å². The normalized spacial score (nSPS) is 10.6.